The molecule has 0 aromatic heterocycles. The van der Waals surface area contributed by atoms with E-state index in [4.69, 9.17) is 9.66 Å². The zero-order valence-corrected chi connectivity index (χ0v) is 13.9. The molecule has 0 saturated carbocycles. The van der Waals surface area contributed by atoms with Crippen LogP contribution in [0.15, 0.2) is 0 Å². The fourth-order valence-electron chi connectivity index (χ4n) is 2.44. The molecule has 2 N–H and O–H groups in total. The van der Waals surface area contributed by atoms with Gasteiger partial charge in [0.15, 0.2) is 0 Å². The highest BCUT2D eigenvalue weighted by molar-refractivity contribution is 7.86. The Morgan fingerprint density at radius 1 is 0.850 bits per heavy atom. The van der Waals surface area contributed by atoms with Gasteiger partial charge in [0.05, 0.1) is 11.4 Å². The average molecular weight is 308 g/mol. The number of aliphatic hydroxyl groups excluding tert-OH is 1. The van der Waals surface area contributed by atoms with Gasteiger partial charge in [-0.1, -0.05) is 58.3 Å². The van der Waals surface area contributed by atoms with Crippen LogP contribution >= 0.6 is 0 Å². The second-order valence-corrected chi connectivity index (χ2v) is 7.50. The standard InChI is InChI=1S/C15H32O4S/c1-3-15(20(17,18)19)13-11-9-7-5-4-6-8-10-12-14(2)16/h14-16H,3-13H2,1-2H3,(H,17,18,19). The first-order valence-corrected chi connectivity index (χ1v) is 9.52. The summed E-state index contributed by atoms with van der Waals surface area (Å²) in [7, 11) is -3.85. The Hall–Kier alpha value is -0.130. The normalized spacial score (nSPS) is 15.2. The molecule has 0 amide bonds. The van der Waals surface area contributed by atoms with Crippen LogP contribution in [0.4, 0.5) is 0 Å². The van der Waals surface area contributed by atoms with Crippen molar-refractivity contribution in [2.24, 2.45) is 0 Å². The lowest BCUT2D eigenvalue weighted by atomic mass is 10.0. The lowest BCUT2D eigenvalue weighted by Crippen LogP contribution is -2.19. The third kappa shape index (κ3) is 11.7. The quantitative estimate of drug-likeness (QED) is 0.399. The van der Waals surface area contributed by atoms with E-state index in [1.165, 1.54) is 25.7 Å². The van der Waals surface area contributed by atoms with Crippen LogP contribution in [0.3, 0.4) is 0 Å². The van der Waals surface area contributed by atoms with Crippen LogP contribution in [0.2, 0.25) is 0 Å². The smallest absolute Gasteiger partial charge is 0.267 e. The molecule has 0 rings (SSSR count). The summed E-state index contributed by atoms with van der Waals surface area (Å²) >= 11 is 0. The van der Waals surface area contributed by atoms with Gasteiger partial charge in [0.25, 0.3) is 10.1 Å². The Morgan fingerprint density at radius 3 is 1.60 bits per heavy atom. The van der Waals surface area contributed by atoms with Crippen LogP contribution in [0.1, 0.15) is 84.5 Å². The SMILES string of the molecule is CCC(CCCCCCCCCCC(C)O)S(=O)(=O)O. The summed E-state index contributed by atoms with van der Waals surface area (Å²) in [6.07, 6.45) is 10.7. The summed E-state index contributed by atoms with van der Waals surface area (Å²) < 4.78 is 31.0. The van der Waals surface area contributed by atoms with Crippen LogP contribution in [0, 0.1) is 0 Å². The van der Waals surface area contributed by atoms with Crippen molar-refractivity contribution in [3.05, 3.63) is 0 Å². The molecule has 4 nitrogen and oxygen atoms in total. The summed E-state index contributed by atoms with van der Waals surface area (Å²) in [5, 5.41) is 8.53. The number of hydrogen-bond acceptors (Lipinski definition) is 3. The second kappa shape index (κ2) is 11.5. The Balaban J connectivity index is 3.36. The van der Waals surface area contributed by atoms with Gasteiger partial charge >= 0.3 is 0 Å². The van der Waals surface area contributed by atoms with E-state index in [9.17, 15) is 8.42 Å². The van der Waals surface area contributed by atoms with Gasteiger partial charge in [-0.3, -0.25) is 4.55 Å². The predicted octanol–water partition coefficient (Wildman–Crippen LogP) is 3.93. The van der Waals surface area contributed by atoms with Crippen LogP contribution in [0.25, 0.3) is 0 Å². The lowest BCUT2D eigenvalue weighted by Gasteiger charge is -2.10. The Labute approximate surface area is 124 Å². The van der Waals surface area contributed by atoms with Crippen molar-refractivity contribution in [3.63, 3.8) is 0 Å². The fourth-order valence-corrected chi connectivity index (χ4v) is 3.32. The largest absolute Gasteiger partial charge is 0.393 e. The van der Waals surface area contributed by atoms with Crippen molar-refractivity contribution < 1.29 is 18.1 Å². The molecule has 0 heterocycles. The van der Waals surface area contributed by atoms with E-state index < -0.39 is 15.4 Å². The molecule has 0 aliphatic carbocycles. The first-order valence-electron chi connectivity index (χ1n) is 8.02. The lowest BCUT2D eigenvalue weighted by molar-refractivity contribution is 0.180. The molecule has 0 bridgehead atoms. The molecule has 0 spiro atoms. The summed E-state index contributed by atoms with van der Waals surface area (Å²) in [5.41, 5.74) is 0. The van der Waals surface area contributed by atoms with Gasteiger partial charge < -0.3 is 5.11 Å². The topological polar surface area (TPSA) is 74.6 Å². The molecule has 122 valence electrons. The first kappa shape index (κ1) is 19.9. The van der Waals surface area contributed by atoms with Crippen molar-refractivity contribution in [1.29, 1.82) is 0 Å². The molecule has 2 atom stereocenters. The van der Waals surface area contributed by atoms with Gasteiger partial charge in [-0.15, -0.1) is 0 Å². The number of aliphatic hydroxyl groups is 1. The van der Waals surface area contributed by atoms with E-state index >= 15 is 0 Å². The molecule has 0 aliphatic heterocycles. The molecule has 0 saturated heterocycles. The molecule has 2 unspecified atom stereocenters. The van der Waals surface area contributed by atoms with Crippen LogP contribution in [-0.4, -0.2) is 29.4 Å². The Kier molecular flexibility index (Phi) is 11.4. The minimum atomic E-state index is -3.85. The minimum Gasteiger partial charge on any atom is -0.393 e. The first-order chi connectivity index (χ1) is 9.38. The van der Waals surface area contributed by atoms with Crippen molar-refractivity contribution in [3.8, 4) is 0 Å². The van der Waals surface area contributed by atoms with E-state index in [2.05, 4.69) is 0 Å². The summed E-state index contributed by atoms with van der Waals surface area (Å²) in [6, 6.07) is 0. The van der Waals surface area contributed by atoms with Gasteiger partial charge in [-0.25, -0.2) is 0 Å². The maximum atomic E-state index is 11.0. The minimum absolute atomic E-state index is 0.177. The predicted molar refractivity (Wildman–Crippen MR) is 83.5 cm³/mol. The van der Waals surface area contributed by atoms with Gasteiger partial charge in [0, 0.05) is 0 Å². The van der Waals surface area contributed by atoms with Crippen LogP contribution in [0.5, 0.6) is 0 Å². The zero-order valence-electron chi connectivity index (χ0n) is 13.1. The van der Waals surface area contributed by atoms with Crippen LogP contribution in [-0.2, 0) is 10.1 Å². The highest BCUT2D eigenvalue weighted by atomic mass is 32.2. The number of hydrogen-bond donors (Lipinski definition) is 2. The Morgan fingerprint density at radius 2 is 1.25 bits per heavy atom. The molecule has 5 heteroatoms. The summed E-state index contributed by atoms with van der Waals surface area (Å²) in [6.45, 7) is 3.63. The fraction of sp³-hybridized carbons (Fsp3) is 1.00. The molecule has 0 aromatic rings. The number of rotatable bonds is 13. The van der Waals surface area contributed by atoms with E-state index in [1.54, 1.807) is 6.92 Å². The molecular weight excluding hydrogens is 276 g/mol. The molecule has 20 heavy (non-hydrogen) atoms. The highest BCUT2D eigenvalue weighted by Crippen LogP contribution is 2.16. The van der Waals surface area contributed by atoms with Crippen molar-refractivity contribution in [2.75, 3.05) is 0 Å². The van der Waals surface area contributed by atoms with Gasteiger partial charge in [0.2, 0.25) is 0 Å². The van der Waals surface area contributed by atoms with Crippen molar-refractivity contribution in [1.82, 2.24) is 0 Å². The monoisotopic (exact) mass is 308 g/mol. The average Bonchev–Trinajstić information content (AvgIpc) is 2.34. The molecular formula is C15H32O4S. The Bertz CT molecular complexity index is 312. The summed E-state index contributed by atoms with van der Waals surface area (Å²) in [5.74, 6) is 0. The van der Waals surface area contributed by atoms with E-state index in [0.717, 1.165) is 32.1 Å². The van der Waals surface area contributed by atoms with Crippen LogP contribution < -0.4 is 0 Å². The van der Waals surface area contributed by atoms with E-state index in [1.807, 2.05) is 6.92 Å². The second-order valence-electron chi connectivity index (χ2n) is 5.80. The van der Waals surface area contributed by atoms with Crippen molar-refractivity contribution >= 4 is 10.1 Å². The maximum Gasteiger partial charge on any atom is 0.267 e. The molecule has 0 fully saturated rings. The van der Waals surface area contributed by atoms with E-state index in [-0.39, 0.29) is 6.10 Å². The zero-order chi connectivity index (χ0) is 15.4. The van der Waals surface area contributed by atoms with Crippen molar-refractivity contribution in [2.45, 2.75) is 95.8 Å². The molecule has 0 radical (unpaired) electrons. The number of unbranched alkanes of at least 4 members (excludes halogenated alkanes) is 7. The summed E-state index contributed by atoms with van der Waals surface area (Å²) in [4.78, 5) is 0. The third-order valence-corrected chi connectivity index (χ3v) is 5.19. The van der Waals surface area contributed by atoms with E-state index in [0.29, 0.717) is 12.8 Å². The molecule has 0 aromatic carbocycles. The van der Waals surface area contributed by atoms with Gasteiger partial charge in [0.1, 0.15) is 0 Å². The third-order valence-electron chi connectivity index (χ3n) is 3.77. The van der Waals surface area contributed by atoms with Gasteiger partial charge in [-0.05, 0) is 26.2 Å². The highest BCUT2D eigenvalue weighted by Gasteiger charge is 2.19. The maximum absolute atomic E-state index is 11.0. The van der Waals surface area contributed by atoms with Gasteiger partial charge in [-0.2, -0.15) is 8.42 Å². The molecule has 0 aliphatic rings.